The molecule has 18 heavy (non-hydrogen) atoms. The molecule has 0 spiro atoms. The maximum atomic E-state index is 12.1. The molecular formula is C14H20N2O2. The fourth-order valence-electron chi connectivity index (χ4n) is 2.16. The van der Waals surface area contributed by atoms with E-state index in [1.54, 1.807) is 7.11 Å². The second-order valence-electron chi connectivity index (χ2n) is 4.58. The highest BCUT2D eigenvalue weighted by molar-refractivity contribution is 5.95. The number of anilines is 1. The first-order valence-corrected chi connectivity index (χ1v) is 6.41. The summed E-state index contributed by atoms with van der Waals surface area (Å²) >= 11 is 0. The number of rotatable bonds is 5. The van der Waals surface area contributed by atoms with Gasteiger partial charge in [-0.05, 0) is 30.5 Å². The molecule has 0 saturated carbocycles. The average Bonchev–Trinajstić information content (AvgIpc) is 2.85. The van der Waals surface area contributed by atoms with Crippen molar-refractivity contribution in [3.05, 3.63) is 29.3 Å². The molecule has 4 nitrogen and oxygen atoms in total. The maximum Gasteiger partial charge on any atom is 0.251 e. The number of hydrogen-bond donors (Lipinski definition) is 2. The van der Waals surface area contributed by atoms with Crippen LogP contribution in [0, 0.1) is 0 Å². The summed E-state index contributed by atoms with van der Waals surface area (Å²) in [6.45, 7) is 3.54. The topological polar surface area (TPSA) is 50.4 Å². The molecule has 1 atom stereocenters. The summed E-state index contributed by atoms with van der Waals surface area (Å²) in [4.78, 5) is 12.1. The normalized spacial score (nSPS) is 14.8. The summed E-state index contributed by atoms with van der Waals surface area (Å²) in [7, 11) is 1.65. The second kappa shape index (κ2) is 5.87. The Kier molecular flexibility index (Phi) is 4.20. The van der Waals surface area contributed by atoms with Crippen LogP contribution in [-0.2, 0) is 11.2 Å². The average molecular weight is 248 g/mol. The monoisotopic (exact) mass is 248 g/mol. The lowest BCUT2D eigenvalue weighted by Crippen LogP contribution is -2.37. The molecule has 0 fully saturated rings. The molecule has 1 aromatic rings. The molecule has 1 aliphatic heterocycles. The van der Waals surface area contributed by atoms with E-state index in [1.807, 2.05) is 25.1 Å². The zero-order valence-corrected chi connectivity index (χ0v) is 11.0. The zero-order chi connectivity index (χ0) is 13.0. The number of methoxy groups -OCH3 is 1. The smallest absolute Gasteiger partial charge is 0.251 e. The summed E-state index contributed by atoms with van der Waals surface area (Å²) in [5.74, 6) is -0.0320. The third kappa shape index (κ3) is 2.82. The van der Waals surface area contributed by atoms with E-state index in [1.165, 1.54) is 5.56 Å². The van der Waals surface area contributed by atoms with E-state index in [2.05, 4.69) is 10.6 Å². The van der Waals surface area contributed by atoms with Gasteiger partial charge in [0.2, 0.25) is 0 Å². The summed E-state index contributed by atoms with van der Waals surface area (Å²) < 4.78 is 5.08. The predicted octanol–water partition coefficient (Wildman–Crippen LogP) is 1.81. The van der Waals surface area contributed by atoms with Crippen LogP contribution in [0.3, 0.4) is 0 Å². The van der Waals surface area contributed by atoms with Gasteiger partial charge in [-0.1, -0.05) is 13.0 Å². The predicted molar refractivity (Wildman–Crippen MR) is 72.1 cm³/mol. The van der Waals surface area contributed by atoms with Crippen LogP contribution >= 0.6 is 0 Å². The molecular weight excluding hydrogens is 228 g/mol. The number of ether oxygens (including phenoxy) is 1. The lowest BCUT2D eigenvalue weighted by atomic mass is 10.1. The van der Waals surface area contributed by atoms with Gasteiger partial charge >= 0.3 is 0 Å². The lowest BCUT2D eigenvalue weighted by molar-refractivity contribution is 0.0894. The van der Waals surface area contributed by atoms with Crippen LogP contribution in [0.1, 0.15) is 29.3 Å². The van der Waals surface area contributed by atoms with E-state index < -0.39 is 0 Å². The summed E-state index contributed by atoms with van der Waals surface area (Å²) in [5, 5.41) is 6.27. The number of amides is 1. The Morgan fingerprint density at radius 3 is 3.11 bits per heavy atom. The highest BCUT2D eigenvalue weighted by Gasteiger charge is 2.15. The SMILES string of the molecule is CCC(COC)NC(=O)c1ccc2c(c1)NCC2. The number of benzene rings is 1. The number of carbonyl (C=O) groups is 1. The minimum Gasteiger partial charge on any atom is -0.384 e. The van der Waals surface area contributed by atoms with Gasteiger partial charge in [0.05, 0.1) is 12.6 Å². The Balaban J connectivity index is 2.04. The molecule has 1 heterocycles. The first kappa shape index (κ1) is 12.9. The first-order chi connectivity index (χ1) is 8.74. The van der Waals surface area contributed by atoms with Crippen LogP contribution in [0.4, 0.5) is 5.69 Å². The molecule has 1 unspecified atom stereocenters. The zero-order valence-electron chi connectivity index (χ0n) is 11.0. The van der Waals surface area contributed by atoms with Crippen molar-refractivity contribution < 1.29 is 9.53 Å². The van der Waals surface area contributed by atoms with Crippen molar-refractivity contribution in [2.45, 2.75) is 25.8 Å². The van der Waals surface area contributed by atoms with Gasteiger partial charge in [-0.3, -0.25) is 4.79 Å². The minimum absolute atomic E-state index is 0.0320. The van der Waals surface area contributed by atoms with Crippen LogP contribution in [0.2, 0.25) is 0 Å². The first-order valence-electron chi connectivity index (χ1n) is 6.41. The molecule has 1 aromatic carbocycles. The van der Waals surface area contributed by atoms with Gasteiger partial charge in [-0.2, -0.15) is 0 Å². The molecule has 0 aromatic heterocycles. The molecule has 2 N–H and O–H groups in total. The van der Waals surface area contributed by atoms with E-state index in [9.17, 15) is 4.79 Å². The van der Waals surface area contributed by atoms with E-state index in [-0.39, 0.29) is 11.9 Å². The quantitative estimate of drug-likeness (QED) is 0.835. The number of nitrogens with one attached hydrogen (secondary N) is 2. The molecule has 4 heteroatoms. The minimum atomic E-state index is -0.0320. The van der Waals surface area contributed by atoms with E-state index >= 15 is 0 Å². The number of fused-ring (bicyclic) bond motifs is 1. The van der Waals surface area contributed by atoms with Crippen LogP contribution in [0.25, 0.3) is 0 Å². The molecule has 98 valence electrons. The molecule has 1 aliphatic rings. The van der Waals surface area contributed by atoms with E-state index in [4.69, 9.17) is 4.74 Å². The lowest BCUT2D eigenvalue weighted by Gasteiger charge is -2.16. The molecule has 0 aliphatic carbocycles. The number of hydrogen-bond acceptors (Lipinski definition) is 3. The molecule has 2 rings (SSSR count). The van der Waals surface area contributed by atoms with Crippen molar-refractivity contribution in [2.24, 2.45) is 0 Å². The Morgan fingerprint density at radius 2 is 2.39 bits per heavy atom. The van der Waals surface area contributed by atoms with Crippen LogP contribution in [0.5, 0.6) is 0 Å². The third-order valence-corrected chi connectivity index (χ3v) is 3.28. The highest BCUT2D eigenvalue weighted by atomic mass is 16.5. The summed E-state index contributed by atoms with van der Waals surface area (Å²) in [5.41, 5.74) is 3.08. The fraction of sp³-hybridized carbons (Fsp3) is 0.500. The molecule has 0 saturated heterocycles. The van der Waals surface area contributed by atoms with E-state index in [0.717, 1.165) is 25.1 Å². The molecule has 0 bridgehead atoms. The highest BCUT2D eigenvalue weighted by Crippen LogP contribution is 2.23. The Labute approximate surface area is 108 Å². The summed E-state index contributed by atoms with van der Waals surface area (Å²) in [6, 6.07) is 5.92. The van der Waals surface area contributed by atoms with Gasteiger partial charge in [-0.15, -0.1) is 0 Å². The largest absolute Gasteiger partial charge is 0.384 e. The van der Waals surface area contributed by atoms with Crippen molar-refractivity contribution in [3.8, 4) is 0 Å². The van der Waals surface area contributed by atoms with Gasteiger partial charge in [0, 0.05) is 24.9 Å². The van der Waals surface area contributed by atoms with Crippen LogP contribution in [0.15, 0.2) is 18.2 Å². The molecule has 0 radical (unpaired) electrons. The summed E-state index contributed by atoms with van der Waals surface area (Å²) in [6.07, 6.45) is 1.90. The van der Waals surface area contributed by atoms with Gasteiger partial charge in [0.15, 0.2) is 0 Å². The van der Waals surface area contributed by atoms with Crippen molar-refractivity contribution in [2.75, 3.05) is 25.6 Å². The van der Waals surface area contributed by atoms with Crippen molar-refractivity contribution in [3.63, 3.8) is 0 Å². The van der Waals surface area contributed by atoms with Crippen molar-refractivity contribution >= 4 is 11.6 Å². The number of carbonyl (C=O) groups excluding carboxylic acids is 1. The maximum absolute atomic E-state index is 12.1. The fourth-order valence-corrected chi connectivity index (χ4v) is 2.16. The standard InChI is InChI=1S/C14H20N2O2/c1-3-12(9-18-2)16-14(17)11-5-4-10-6-7-15-13(10)8-11/h4-5,8,12,15H,3,6-7,9H2,1-2H3,(H,16,17). The Bertz CT molecular complexity index is 432. The van der Waals surface area contributed by atoms with E-state index in [0.29, 0.717) is 12.2 Å². The van der Waals surface area contributed by atoms with Gasteiger partial charge in [-0.25, -0.2) is 0 Å². The van der Waals surface area contributed by atoms with Gasteiger partial charge in [0.25, 0.3) is 5.91 Å². The van der Waals surface area contributed by atoms with Crippen molar-refractivity contribution in [1.82, 2.24) is 5.32 Å². The van der Waals surface area contributed by atoms with Gasteiger partial charge < -0.3 is 15.4 Å². The van der Waals surface area contributed by atoms with Crippen LogP contribution < -0.4 is 10.6 Å². The Morgan fingerprint density at radius 1 is 1.56 bits per heavy atom. The van der Waals surface area contributed by atoms with Crippen molar-refractivity contribution in [1.29, 1.82) is 0 Å². The van der Waals surface area contributed by atoms with Crippen LogP contribution in [-0.4, -0.2) is 32.2 Å². The van der Waals surface area contributed by atoms with Gasteiger partial charge in [0.1, 0.15) is 0 Å². The molecule has 1 amide bonds. The Hall–Kier alpha value is -1.55. The second-order valence-corrected chi connectivity index (χ2v) is 4.58. The third-order valence-electron chi connectivity index (χ3n) is 3.28.